The van der Waals surface area contributed by atoms with Crippen molar-refractivity contribution in [2.24, 2.45) is 0 Å². The summed E-state index contributed by atoms with van der Waals surface area (Å²) >= 11 is 0. The second-order valence-electron chi connectivity index (χ2n) is 11.2. The average molecular weight is 597 g/mol. The summed E-state index contributed by atoms with van der Waals surface area (Å²) in [6.45, 7) is 0.914. The highest BCUT2D eigenvalue weighted by atomic mass is 19.1. The van der Waals surface area contributed by atoms with Crippen LogP contribution >= 0.6 is 0 Å². The van der Waals surface area contributed by atoms with Gasteiger partial charge in [-0.15, -0.1) is 0 Å². The fourth-order valence-corrected chi connectivity index (χ4v) is 5.70. The van der Waals surface area contributed by atoms with Gasteiger partial charge in [-0.1, -0.05) is 12.1 Å². The van der Waals surface area contributed by atoms with Gasteiger partial charge in [-0.2, -0.15) is 15.2 Å². The molecule has 2 fully saturated rings. The molecule has 224 valence electrons. The lowest BCUT2D eigenvalue weighted by Crippen LogP contribution is -2.44. The molecule has 1 saturated carbocycles. The number of carbonyl (C=O) groups is 3. The molecule has 0 unspecified atom stereocenters. The Bertz CT molecular complexity index is 1950. The number of hydrogen-bond acceptors (Lipinski definition) is 8. The van der Waals surface area contributed by atoms with Gasteiger partial charge in [0.25, 0.3) is 0 Å². The minimum atomic E-state index is -1.36. The molecule has 5 heterocycles. The highest BCUT2D eigenvalue weighted by Crippen LogP contribution is 2.39. The lowest BCUT2D eigenvalue weighted by Gasteiger charge is -2.23. The SMILES string of the molecule is COc1cccc(NC(=O)[C@@H]2C[C@@H](F)CN2C(=O)Cn2nc(C(C)=O)c3cc(-c4cnc5cc(C6CC6)nn5c4)ccc32)n1. The number of ketones is 1. The topological polar surface area (TPSA) is 137 Å². The van der Waals surface area contributed by atoms with E-state index < -0.39 is 24.0 Å². The number of likely N-dealkylation sites (tertiary alicyclic amines) is 1. The summed E-state index contributed by atoms with van der Waals surface area (Å²) in [6.07, 6.45) is 4.47. The number of amides is 2. The third kappa shape index (κ3) is 5.14. The molecule has 13 heteroatoms. The van der Waals surface area contributed by atoms with E-state index in [1.165, 1.54) is 23.6 Å². The van der Waals surface area contributed by atoms with E-state index in [-0.39, 0.29) is 36.8 Å². The highest BCUT2D eigenvalue weighted by molar-refractivity contribution is 6.06. The maximum atomic E-state index is 14.6. The van der Waals surface area contributed by atoms with Gasteiger partial charge in [0.1, 0.15) is 30.3 Å². The quantitative estimate of drug-likeness (QED) is 0.267. The van der Waals surface area contributed by atoms with Crippen LogP contribution in [0.25, 0.3) is 27.7 Å². The molecule has 2 amide bonds. The third-order valence-corrected chi connectivity index (χ3v) is 8.09. The smallest absolute Gasteiger partial charge is 0.248 e. The van der Waals surface area contributed by atoms with E-state index in [1.807, 2.05) is 24.4 Å². The number of rotatable bonds is 8. The zero-order valence-corrected chi connectivity index (χ0v) is 24.1. The number of pyridine rings is 1. The molecule has 12 nitrogen and oxygen atoms in total. The van der Waals surface area contributed by atoms with Gasteiger partial charge >= 0.3 is 0 Å². The maximum Gasteiger partial charge on any atom is 0.248 e. The van der Waals surface area contributed by atoms with Crippen LogP contribution in [0.2, 0.25) is 0 Å². The average Bonchev–Trinajstić information content (AvgIpc) is 3.50. The minimum absolute atomic E-state index is 0.139. The second kappa shape index (κ2) is 10.8. The number of nitrogens with zero attached hydrogens (tertiary/aromatic N) is 7. The highest BCUT2D eigenvalue weighted by Gasteiger charge is 2.40. The van der Waals surface area contributed by atoms with Gasteiger partial charge in [0.15, 0.2) is 11.4 Å². The summed E-state index contributed by atoms with van der Waals surface area (Å²) in [5, 5.41) is 12.4. The first-order valence-corrected chi connectivity index (χ1v) is 14.4. The van der Waals surface area contributed by atoms with Gasteiger partial charge in [0.2, 0.25) is 17.7 Å². The Morgan fingerprint density at radius 1 is 1.09 bits per heavy atom. The Hall–Kier alpha value is -5.20. The number of anilines is 1. The van der Waals surface area contributed by atoms with Crippen molar-refractivity contribution in [1.82, 2.24) is 34.3 Å². The van der Waals surface area contributed by atoms with Crippen molar-refractivity contribution in [2.75, 3.05) is 19.0 Å². The van der Waals surface area contributed by atoms with Crippen molar-refractivity contribution in [3.63, 3.8) is 0 Å². The molecule has 4 aromatic heterocycles. The number of nitrogens with one attached hydrogen (secondary N) is 1. The molecule has 1 aliphatic carbocycles. The molecule has 2 atom stereocenters. The summed E-state index contributed by atoms with van der Waals surface area (Å²) in [6, 6.07) is 11.4. The molecule has 1 N–H and O–H groups in total. The zero-order chi connectivity index (χ0) is 30.5. The van der Waals surface area contributed by atoms with Crippen molar-refractivity contribution in [3.05, 3.63) is 66.2 Å². The summed E-state index contributed by atoms with van der Waals surface area (Å²) in [7, 11) is 1.46. The number of hydrogen-bond donors (Lipinski definition) is 1. The lowest BCUT2D eigenvalue weighted by atomic mass is 10.0. The van der Waals surface area contributed by atoms with Gasteiger partial charge in [0.05, 0.1) is 24.9 Å². The standard InChI is InChI=1S/C31H29FN8O4/c1-17(41)30-22-10-19(20-13-33-27-12-23(18-6-7-18)36-40(27)14-20)8-9-24(22)39(37-30)16-29(42)38-15-21(32)11-25(38)31(43)35-26-4-3-5-28(34-26)44-2/h3-5,8-10,12-14,18,21,25H,6-7,11,15-16H2,1-2H3,(H,34,35,43)/t21-,25+/m1/s1. The molecule has 7 rings (SSSR count). The fraction of sp³-hybridized carbons (Fsp3) is 0.323. The van der Waals surface area contributed by atoms with Crippen LogP contribution in [-0.4, -0.2) is 77.7 Å². The summed E-state index contributed by atoms with van der Waals surface area (Å²) in [5.41, 5.74) is 4.22. The number of ether oxygens (including phenoxy) is 1. The Kier molecular flexibility index (Phi) is 6.79. The molecular formula is C31H29FN8O4. The first-order chi connectivity index (χ1) is 21.3. The number of alkyl halides is 1. The van der Waals surface area contributed by atoms with E-state index in [0.29, 0.717) is 22.7 Å². The predicted octanol–water partition coefficient (Wildman–Crippen LogP) is 3.81. The predicted molar refractivity (Wildman–Crippen MR) is 158 cm³/mol. The Balaban J connectivity index is 1.14. The van der Waals surface area contributed by atoms with Gasteiger partial charge in [-0.05, 0) is 36.6 Å². The Morgan fingerprint density at radius 2 is 1.93 bits per heavy atom. The van der Waals surface area contributed by atoms with Gasteiger partial charge in [-0.3, -0.25) is 19.1 Å². The van der Waals surface area contributed by atoms with Gasteiger partial charge in [-0.25, -0.2) is 13.9 Å². The third-order valence-electron chi connectivity index (χ3n) is 8.09. The second-order valence-corrected chi connectivity index (χ2v) is 11.2. The van der Waals surface area contributed by atoms with Crippen LogP contribution in [-0.2, 0) is 16.1 Å². The molecule has 0 spiro atoms. The first kappa shape index (κ1) is 27.6. The van der Waals surface area contributed by atoms with Gasteiger partial charge in [0, 0.05) is 54.7 Å². The summed E-state index contributed by atoms with van der Waals surface area (Å²) in [4.78, 5) is 49.1. The largest absolute Gasteiger partial charge is 0.481 e. The van der Waals surface area contributed by atoms with Crippen LogP contribution in [0.5, 0.6) is 5.88 Å². The monoisotopic (exact) mass is 596 g/mol. The van der Waals surface area contributed by atoms with Crippen LogP contribution in [0.3, 0.4) is 0 Å². The van der Waals surface area contributed by atoms with E-state index in [0.717, 1.165) is 35.3 Å². The molecule has 1 saturated heterocycles. The van der Waals surface area contributed by atoms with E-state index >= 15 is 0 Å². The zero-order valence-electron chi connectivity index (χ0n) is 24.1. The molecular weight excluding hydrogens is 567 g/mol. The number of Topliss-reactive ketones (excluding diaryl/α,β-unsaturated/α-hetero) is 1. The Labute approximate surface area is 250 Å². The van der Waals surface area contributed by atoms with Gasteiger partial charge < -0.3 is 15.0 Å². The maximum absolute atomic E-state index is 14.6. The number of fused-ring (bicyclic) bond motifs is 2. The molecule has 1 aromatic carbocycles. The van der Waals surface area contributed by atoms with Crippen LogP contribution in [0, 0.1) is 0 Å². The molecule has 2 aliphatic rings. The summed E-state index contributed by atoms with van der Waals surface area (Å²) in [5.74, 6) is -0.260. The van der Waals surface area contributed by atoms with Crippen LogP contribution in [0.15, 0.2) is 54.9 Å². The fourth-order valence-electron chi connectivity index (χ4n) is 5.70. The molecule has 1 aliphatic heterocycles. The van der Waals surface area contributed by atoms with E-state index in [9.17, 15) is 18.8 Å². The van der Waals surface area contributed by atoms with E-state index in [4.69, 9.17) is 4.74 Å². The molecule has 44 heavy (non-hydrogen) atoms. The van der Waals surface area contributed by atoms with Crippen molar-refractivity contribution in [2.45, 2.75) is 50.9 Å². The number of carbonyl (C=O) groups excluding carboxylic acids is 3. The van der Waals surface area contributed by atoms with Crippen molar-refractivity contribution < 1.29 is 23.5 Å². The Morgan fingerprint density at radius 3 is 2.70 bits per heavy atom. The van der Waals surface area contributed by atoms with Crippen LogP contribution in [0.4, 0.5) is 10.2 Å². The van der Waals surface area contributed by atoms with E-state index in [2.05, 4.69) is 25.5 Å². The minimum Gasteiger partial charge on any atom is -0.481 e. The lowest BCUT2D eigenvalue weighted by molar-refractivity contribution is -0.137. The summed E-state index contributed by atoms with van der Waals surface area (Å²) < 4.78 is 22.9. The van der Waals surface area contributed by atoms with Crippen LogP contribution in [0.1, 0.15) is 48.3 Å². The number of aromatic nitrogens is 6. The molecule has 0 radical (unpaired) electrons. The van der Waals surface area contributed by atoms with Crippen molar-refractivity contribution in [1.29, 1.82) is 0 Å². The van der Waals surface area contributed by atoms with Crippen LogP contribution < -0.4 is 10.1 Å². The molecule has 5 aromatic rings. The van der Waals surface area contributed by atoms with Crippen molar-refractivity contribution >= 4 is 40.0 Å². The number of halogens is 1. The molecule has 0 bridgehead atoms. The first-order valence-electron chi connectivity index (χ1n) is 14.4. The normalized spacial score (nSPS) is 18.2. The number of benzene rings is 1. The number of methoxy groups -OCH3 is 1. The van der Waals surface area contributed by atoms with Crippen molar-refractivity contribution in [3.8, 4) is 17.0 Å². The van der Waals surface area contributed by atoms with E-state index in [1.54, 1.807) is 35.0 Å².